The maximum atomic E-state index is 14.0. The van der Waals surface area contributed by atoms with Crippen molar-refractivity contribution in [2.45, 2.75) is 39.2 Å². The Bertz CT molecular complexity index is 364. The fraction of sp³-hybridized carbons (Fsp3) is 0.600. The number of ether oxygens (including phenoxy) is 1. The van der Waals surface area contributed by atoms with Crippen LogP contribution in [0.25, 0.3) is 0 Å². The lowest BCUT2D eigenvalue weighted by atomic mass is 9.91. The molecule has 0 saturated heterocycles. The van der Waals surface area contributed by atoms with Crippen molar-refractivity contribution in [3.8, 4) is 5.75 Å². The van der Waals surface area contributed by atoms with E-state index in [0.29, 0.717) is 11.7 Å². The van der Waals surface area contributed by atoms with Crippen LogP contribution in [0, 0.1) is 11.7 Å². The summed E-state index contributed by atoms with van der Waals surface area (Å²) in [6.45, 7) is 4.37. The van der Waals surface area contributed by atoms with Gasteiger partial charge in [0.1, 0.15) is 11.6 Å². The molecule has 1 N–H and O–H groups in total. The number of nitrogens with one attached hydrogen (secondary N) is 1. The predicted octanol–water partition coefficient (Wildman–Crippen LogP) is 3.92. The second-order valence-corrected chi connectivity index (χ2v) is 4.65. The van der Waals surface area contributed by atoms with Crippen molar-refractivity contribution >= 4 is 0 Å². The van der Waals surface area contributed by atoms with E-state index in [1.54, 1.807) is 7.11 Å². The fourth-order valence-electron chi connectivity index (χ4n) is 2.27. The van der Waals surface area contributed by atoms with E-state index in [1.165, 1.54) is 6.07 Å². The van der Waals surface area contributed by atoms with Gasteiger partial charge in [0.05, 0.1) is 7.11 Å². The number of benzene rings is 1. The molecule has 1 unspecified atom stereocenters. The van der Waals surface area contributed by atoms with Crippen LogP contribution in [-0.4, -0.2) is 14.2 Å². The van der Waals surface area contributed by atoms with Gasteiger partial charge in [0, 0.05) is 17.7 Å². The molecule has 0 radical (unpaired) electrons. The van der Waals surface area contributed by atoms with E-state index < -0.39 is 0 Å². The average molecular weight is 253 g/mol. The van der Waals surface area contributed by atoms with Gasteiger partial charge in [0.2, 0.25) is 0 Å². The molecule has 3 heteroatoms. The predicted molar refractivity (Wildman–Crippen MR) is 73.4 cm³/mol. The zero-order chi connectivity index (χ0) is 13.5. The molecule has 0 bridgehead atoms. The molecule has 0 spiro atoms. The monoisotopic (exact) mass is 253 g/mol. The van der Waals surface area contributed by atoms with Gasteiger partial charge in [0.25, 0.3) is 0 Å². The van der Waals surface area contributed by atoms with Crippen molar-refractivity contribution in [2.75, 3.05) is 14.2 Å². The van der Waals surface area contributed by atoms with E-state index in [-0.39, 0.29) is 11.9 Å². The van der Waals surface area contributed by atoms with Crippen LogP contribution in [0.1, 0.15) is 44.7 Å². The Morgan fingerprint density at radius 1 is 1.28 bits per heavy atom. The molecule has 1 rings (SSSR count). The van der Waals surface area contributed by atoms with Crippen LogP contribution in [0.15, 0.2) is 18.2 Å². The lowest BCUT2D eigenvalue weighted by Gasteiger charge is -2.22. The lowest BCUT2D eigenvalue weighted by Crippen LogP contribution is -2.20. The molecule has 2 nitrogen and oxygen atoms in total. The summed E-state index contributed by atoms with van der Waals surface area (Å²) in [5, 5.41) is 3.21. The Labute approximate surface area is 110 Å². The van der Waals surface area contributed by atoms with Gasteiger partial charge in [-0.1, -0.05) is 32.8 Å². The highest BCUT2D eigenvalue weighted by Gasteiger charge is 2.18. The molecule has 0 fully saturated rings. The minimum atomic E-state index is -0.195. The summed E-state index contributed by atoms with van der Waals surface area (Å²) in [7, 11) is 3.44. The fourth-order valence-corrected chi connectivity index (χ4v) is 2.27. The molecule has 0 amide bonds. The van der Waals surface area contributed by atoms with Crippen LogP contribution in [0.5, 0.6) is 5.75 Å². The van der Waals surface area contributed by atoms with E-state index in [4.69, 9.17) is 4.74 Å². The molecule has 0 heterocycles. The minimum absolute atomic E-state index is 0.0702. The first-order valence-corrected chi connectivity index (χ1v) is 6.66. The molecule has 18 heavy (non-hydrogen) atoms. The van der Waals surface area contributed by atoms with Crippen molar-refractivity contribution < 1.29 is 9.13 Å². The first-order valence-electron chi connectivity index (χ1n) is 6.66. The maximum Gasteiger partial charge on any atom is 0.131 e. The van der Waals surface area contributed by atoms with Gasteiger partial charge in [-0.15, -0.1) is 0 Å². The molecule has 1 aromatic rings. The Kier molecular flexibility index (Phi) is 6.13. The molecular weight excluding hydrogens is 229 g/mol. The minimum Gasteiger partial charge on any atom is -0.497 e. The molecular formula is C15H24FNO. The number of hydrogen-bond donors (Lipinski definition) is 1. The topological polar surface area (TPSA) is 21.3 Å². The summed E-state index contributed by atoms with van der Waals surface area (Å²) in [5.74, 6) is 0.997. The van der Waals surface area contributed by atoms with Crippen molar-refractivity contribution in [3.63, 3.8) is 0 Å². The first kappa shape index (κ1) is 15.0. The molecule has 102 valence electrons. The van der Waals surface area contributed by atoms with E-state index in [1.807, 2.05) is 19.2 Å². The summed E-state index contributed by atoms with van der Waals surface area (Å²) in [6, 6.07) is 5.15. The van der Waals surface area contributed by atoms with Crippen LogP contribution < -0.4 is 10.1 Å². The lowest BCUT2D eigenvalue weighted by molar-refractivity contribution is 0.375. The average Bonchev–Trinajstić information content (AvgIpc) is 2.41. The van der Waals surface area contributed by atoms with E-state index in [0.717, 1.165) is 24.8 Å². The zero-order valence-electron chi connectivity index (χ0n) is 11.8. The summed E-state index contributed by atoms with van der Waals surface area (Å²) in [4.78, 5) is 0. The van der Waals surface area contributed by atoms with Crippen molar-refractivity contribution in [2.24, 2.45) is 5.92 Å². The van der Waals surface area contributed by atoms with Crippen molar-refractivity contribution in [3.05, 3.63) is 29.6 Å². The van der Waals surface area contributed by atoms with Crippen LogP contribution >= 0.6 is 0 Å². The third-order valence-corrected chi connectivity index (χ3v) is 3.66. The quantitative estimate of drug-likeness (QED) is 0.795. The highest BCUT2D eigenvalue weighted by atomic mass is 19.1. The van der Waals surface area contributed by atoms with Gasteiger partial charge in [0.15, 0.2) is 0 Å². The number of methoxy groups -OCH3 is 1. The summed E-state index contributed by atoms with van der Waals surface area (Å²) >= 11 is 0. The van der Waals surface area contributed by atoms with E-state index >= 15 is 0 Å². The van der Waals surface area contributed by atoms with Crippen molar-refractivity contribution in [1.82, 2.24) is 5.32 Å². The SMILES string of the molecule is CCC(CC)CC(NC)c1ccc(OC)cc1F. The Hall–Kier alpha value is -1.09. The molecule has 0 saturated carbocycles. The van der Waals surface area contributed by atoms with Crippen LogP contribution in [-0.2, 0) is 0 Å². The maximum absolute atomic E-state index is 14.0. The Balaban J connectivity index is 2.87. The molecule has 0 aliphatic rings. The highest BCUT2D eigenvalue weighted by molar-refractivity contribution is 5.30. The van der Waals surface area contributed by atoms with Gasteiger partial charge >= 0.3 is 0 Å². The molecule has 1 aromatic carbocycles. The standard InChI is InChI=1S/C15H24FNO/c1-5-11(6-2)9-15(17-3)13-8-7-12(18-4)10-14(13)16/h7-8,10-11,15,17H,5-6,9H2,1-4H3. The number of rotatable bonds is 7. The van der Waals surface area contributed by atoms with Crippen LogP contribution in [0.3, 0.4) is 0 Å². The van der Waals surface area contributed by atoms with Gasteiger partial charge in [-0.25, -0.2) is 4.39 Å². The van der Waals surface area contributed by atoms with Gasteiger partial charge in [-0.3, -0.25) is 0 Å². The second-order valence-electron chi connectivity index (χ2n) is 4.65. The summed E-state index contributed by atoms with van der Waals surface area (Å²) < 4.78 is 19.0. The Morgan fingerprint density at radius 2 is 1.94 bits per heavy atom. The first-order chi connectivity index (χ1) is 8.65. The van der Waals surface area contributed by atoms with Crippen LogP contribution in [0.2, 0.25) is 0 Å². The van der Waals surface area contributed by atoms with Gasteiger partial charge < -0.3 is 10.1 Å². The van der Waals surface area contributed by atoms with Crippen LogP contribution in [0.4, 0.5) is 4.39 Å². The normalized spacial score (nSPS) is 12.8. The van der Waals surface area contributed by atoms with E-state index in [9.17, 15) is 4.39 Å². The van der Waals surface area contributed by atoms with E-state index in [2.05, 4.69) is 19.2 Å². The molecule has 0 aromatic heterocycles. The second kappa shape index (κ2) is 7.37. The molecule has 1 atom stereocenters. The number of hydrogen-bond acceptors (Lipinski definition) is 2. The van der Waals surface area contributed by atoms with Gasteiger partial charge in [-0.2, -0.15) is 0 Å². The highest BCUT2D eigenvalue weighted by Crippen LogP contribution is 2.28. The Morgan fingerprint density at radius 3 is 2.39 bits per heavy atom. The zero-order valence-corrected chi connectivity index (χ0v) is 11.8. The summed E-state index contributed by atoms with van der Waals surface area (Å²) in [5.41, 5.74) is 0.727. The van der Waals surface area contributed by atoms with Gasteiger partial charge in [-0.05, 0) is 25.5 Å². The third kappa shape index (κ3) is 3.70. The third-order valence-electron chi connectivity index (χ3n) is 3.66. The molecule has 0 aliphatic heterocycles. The summed E-state index contributed by atoms with van der Waals surface area (Å²) in [6.07, 6.45) is 3.23. The smallest absolute Gasteiger partial charge is 0.131 e. The molecule has 0 aliphatic carbocycles. The largest absolute Gasteiger partial charge is 0.497 e. The number of halogens is 1. The van der Waals surface area contributed by atoms with Crippen molar-refractivity contribution in [1.29, 1.82) is 0 Å².